The lowest BCUT2D eigenvalue weighted by Crippen LogP contribution is -2.31. The zero-order chi connectivity index (χ0) is 16.2. The molecule has 0 spiro atoms. The molecule has 2 aromatic rings. The number of nitriles is 2. The van der Waals surface area contributed by atoms with E-state index in [1.54, 1.807) is 0 Å². The maximum atomic E-state index is 9.51. The summed E-state index contributed by atoms with van der Waals surface area (Å²) in [5, 5.41) is 19.0. The predicted octanol–water partition coefficient (Wildman–Crippen LogP) is 3.06. The number of pyridine rings is 1. The molecule has 1 aliphatic heterocycles. The number of hydrogen-bond donors (Lipinski definition) is 1. The standard InChI is InChI=1S/C18H17N5/c19-11-14-16(21)15(12-20)18(23-9-5-2-6-10-23)22-17(14)13-7-3-1-4-8-13/h1,3-4,7-8H,2,5-6,9-10H2,(H2,21,22). The fraction of sp³-hybridized carbons (Fsp3) is 0.278. The van der Waals surface area contributed by atoms with Gasteiger partial charge in [0.15, 0.2) is 0 Å². The average Bonchev–Trinajstić information content (AvgIpc) is 2.62. The van der Waals surface area contributed by atoms with E-state index in [1.807, 2.05) is 30.3 Å². The van der Waals surface area contributed by atoms with Crippen molar-refractivity contribution in [1.82, 2.24) is 4.98 Å². The van der Waals surface area contributed by atoms with E-state index in [1.165, 1.54) is 6.42 Å². The molecular formula is C18H17N5. The second-order valence-electron chi connectivity index (χ2n) is 5.59. The molecule has 0 radical (unpaired) electrons. The highest BCUT2D eigenvalue weighted by molar-refractivity contribution is 5.82. The number of nitrogens with zero attached hydrogens (tertiary/aromatic N) is 4. The second-order valence-corrected chi connectivity index (χ2v) is 5.59. The summed E-state index contributed by atoms with van der Waals surface area (Å²) in [4.78, 5) is 6.77. The number of anilines is 2. The van der Waals surface area contributed by atoms with Gasteiger partial charge >= 0.3 is 0 Å². The first-order valence-corrected chi connectivity index (χ1v) is 7.70. The number of hydrogen-bond acceptors (Lipinski definition) is 5. The molecule has 0 bridgehead atoms. The van der Waals surface area contributed by atoms with Gasteiger partial charge in [-0.05, 0) is 19.3 Å². The van der Waals surface area contributed by atoms with Crippen LogP contribution in [0.2, 0.25) is 0 Å². The van der Waals surface area contributed by atoms with Crippen molar-refractivity contribution in [3.8, 4) is 23.4 Å². The minimum Gasteiger partial charge on any atom is -0.396 e. The van der Waals surface area contributed by atoms with Gasteiger partial charge in [-0.3, -0.25) is 0 Å². The van der Waals surface area contributed by atoms with E-state index < -0.39 is 0 Å². The molecule has 0 amide bonds. The van der Waals surface area contributed by atoms with Crippen LogP contribution in [0.3, 0.4) is 0 Å². The van der Waals surface area contributed by atoms with Crippen molar-refractivity contribution >= 4 is 11.5 Å². The normalized spacial score (nSPS) is 14.1. The molecule has 0 unspecified atom stereocenters. The first kappa shape index (κ1) is 14.9. The summed E-state index contributed by atoms with van der Waals surface area (Å²) in [5.74, 6) is 0.600. The highest BCUT2D eigenvalue weighted by Crippen LogP contribution is 2.34. The monoisotopic (exact) mass is 303 g/mol. The number of nitrogens with two attached hydrogens (primary N) is 1. The number of aromatic nitrogens is 1. The van der Waals surface area contributed by atoms with Crippen molar-refractivity contribution in [3.05, 3.63) is 41.5 Å². The fourth-order valence-corrected chi connectivity index (χ4v) is 2.95. The lowest BCUT2D eigenvalue weighted by Gasteiger charge is -2.29. The number of piperidine rings is 1. The minimum absolute atomic E-state index is 0.226. The van der Waals surface area contributed by atoms with Gasteiger partial charge in [0.25, 0.3) is 0 Å². The summed E-state index contributed by atoms with van der Waals surface area (Å²) in [6, 6.07) is 13.7. The molecule has 5 heteroatoms. The van der Waals surface area contributed by atoms with Crippen LogP contribution in [0.15, 0.2) is 30.3 Å². The van der Waals surface area contributed by atoms with Crippen LogP contribution < -0.4 is 10.6 Å². The van der Waals surface area contributed by atoms with Crippen LogP contribution in [0, 0.1) is 22.7 Å². The summed E-state index contributed by atoms with van der Waals surface area (Å²) in [7, 11) is 0. The van der Waals surface area contributed by atoms with E-state index in [0.29, 0.717) is 17.1 Å². The van der Waals surface area contributed by atoms with Gasteiger partial charge in [-0.15, -0.1) is 0 Å². The van der Waals surface area contributed by atoms with Gasteiger partial charge in [-0.25, -0.2) is 4.98 Å². The van der Waals surface area contributed by atoms with Gasteiger partial charge in [-0.1, -0.05) is 30.3 Å². The Labute approximate surface area is 135 Å². The number of rotatable bonds is 2. The Hall–Kier alpha value is -3.05. The van der Waals surface area contributed by atoms with Gasteiger partial charge < -0.3 is 10.6 Å². The maximum absolute atomic E-state index is 9.51. The smallest absolute Gasteiger partial charge is 0.149 e. The summed E-state index contributed by atoms with van der Waals surface area (Å²) >= 11 is 0. The Bertz CT molecular complexity index is 793. The molecule has 0 aliphatic carbocycles. The molecule has 1 aromatic heterocycles. The molecule has 23 heavy (non-hydrogen) atoms. The Balaban J connectivity index is 2.22. The van der Waals surface area contributed by atoms with Crippen LogP contribution >= 0.6 is 0 Å². The van der Waals surface area contributed by atoms with Crippen LogP contribution in [0.25, 0.3) is 11.3 Å². The molecule has 3 rings (SSSR count). The van der Waals surface area contributed by atoms with Crippen molar-refractivity contribution in [2.24, 2.45) is 0 Å². The Kier molecular flexibility index (Phi) is 4.12. The Morgan fingerprint density at radius 1 is 0.957 bits per heavy atom. The van der Waals surface area contributed by atoms with Crippen molar-refractivity contribution < 1.29 is 0 Å². The van der Waals surface area contributed by atoms with Gasteiger partial charge in [0.1, 0.15) is 29.1 Å². The van der Waals surface area contributed by atoms with Crippen molar-refractivity contribution in [2.45, 2.75) is 19.3 Å². The lowest BCUT2D eigenvalue weighted by atomic mass is 10.0. The third-order valence-electron chi connectivity index (χ3n) is 4.14. The average molecular weight is 303 g/mol. The van der Waals surface area contributed by atoms with E-state index in [9.17, 15) is 10.5 Å². The molecule has 5 nitrogen and oxygen atoms in total. The Morgan fingerprint density at radius 3 is 2.22 bits per heavy atom. The highest BCUT2D eigenvalue weighted by Gasteiger charge is 2.23. The molecule has 1 aliphatic rings. The van der Waals surface area contributed by atoms with E-state index >= 15 is 0 Å². The summed E-state index contributed by atoms with van der Waals surface area (Å²) < 4.78 is 0. The van der Waals surface area contributed by atoms with E-state index in [2.05, 4.69) is 22.0 Å². The van der Waals surface area contributed by atoms with Gasteiger partial charge in [0.2, 0.25) is 0 Å². The molecule has 0 saturated carbocycles. The summed E-state index contributed by atoms with van der Waals surface area (Å²) in [6.45, 7) is 1.72. The topological polar surface area (TPSA) is 89.7 Å². The largest absolute Gasteiger partial charge is 0.396 e. The molecule has 2 heterocycles. The predicted molar refractivity (Wildman–Crippen MR) is 89.6 cm³/mol. The molecular weight excluding hydrogens is 286 g/mol. The molecule has 1 aromatic carbocycles. The molecule has 1 saturated heterocycles. The first-order chi connectivity index (χ1) is 11.3. The lowest BCUT2D eigenvalue weighted by molar-refractivity contribution is 0.573. The van der Waals surface area contributed by atoms with Crippen LogP contribution in [-0.4, -0.2) is 18.1 Å². The van der Waals surface area contributed by atoms with Crippen LogP contribution in [0.1, 0.15) is 30.4 Å². The minimum atomic E-state index is 0.226. The molecule has 1 fully saturated rings. The van der Waals surface area contributed by atoms with Gasteiger partial charge in [0.05, 0.1) is 11.4 Å². The third kappa shape index (κ3) is 2.69. The van der Waals surface area contributed by atoms with Gasteiger partial charge in [0, 0.05) is 18.7 Å². The van der Waals surface area contributed by atoms with Crippen LogP contribution in [-0.2, 0) is 0 Å². The first-order valence-electron chi connectivity index (χ1n) is 7.70. The zero-order valence-electron chi connectivity index (χ0n) is 12.8. The number of benzene rings is 1. The molecule has 114 valence electrons. The highest BCUT2D eigenvalue weighted by atomic mass is 15.2. The summed E-state index contributed by atoms with van der Waals surface area (Å²) in [6.07, 6.45) is 3.34. The van der Waals surface area contributed by atoms with Crippen molar-refractivity contribution in [3.63, 3.8) is 0 Å². The molecule has 0 atom stereocenters. The van der Waals surface area contributed by atoms with Crippen molar-refractivity contribution in [2.75, 3.05) is 23.7 Å². The van der Waals surface area contributed by atoms with Crippen LogP contribution in [0.4, 0.5) is 11.5 Å². The third-order valence-corrected chi connectivity index (χ3v) is 4.14. The second kappa shape index (κ2) is 6.37. The quantitative estimate of drug-likeness (QED) is 0.920. The zero-order valence-corrected chi connectivity index (χ0v) is 12.8. The maximum Gasteiger partial charge on any atom is 0.149 e. The SMILES string of the molecule is N#Cc1c(-c2ccccc2)nc(N2CCCCC2)c(C#N)c1N. The Morgan fingerprint density at radius 2 is 1.61 bits per heavy atom. The molecule has 2 N–H and O–H groups in total. The van der Waals surface area contributed by atoms with Gasteiger partial charge in [-0.2, -0.15) is 10.5 Å². The summed E-state index contributed by atoms with van der Waals surface area (Å²) in [5.41, 5.74) is 8.32. The van der Waals surface area contributed by atoms with E-state index in [-0.39, 0.29) is 11.3 Å². The van der Waals surface area contributed by atoms with Crippen molar-refractivity contribution in [1.29, 1.82) is 10.5 Å². The number of nitrogen functional groups attached to an aromatic ring is 1. The van der Waals surface area contributed by atoms with E-state index in [4.69, 9.17) is 5.73 Å². The fourth-order valence-electron chi connectivity index (χ4n) is 2.95. The van der Waals surface area contributed by atoms with Crippen LogP contribution in [0.5, 0.6) is 0 Å². The van der Waals surface area contributed by atoms with E-state index in [0.717, 1.165) is 31.5 Å².